The predicted molar refractivity (Wildman–Crippen MR) is 149 cm³/mol. The van der Waals surface area contributed by atoms with Crippen LogP contribution in [0.2, 0.25) is 0 Å². The molecule has 9 heteroatoms. The summed E-state index contributed by atoms with van der Waals surface area (Å²) in [6.45, 7) is 5.04. The van der Waals surface area contributed by atoms with Gasteiger partial charge < -0.3 is 15.4 Å². The van der Waals surface area contributed by atoms with Gasteiger partial charge in [0.15, 0.2) is 0 Å². The summed E-state index contributed by atoms with van der Waals surface area (Å²) < 4.78 is 32.2. The van der Waals surface area contributed by atoms with E-state index in [2.05, 4.69) is 10.6 Å². The monoisotopic (exact) mass is 535 g/mol. The Morgan fingerprint density at radius 1 is 0.947 bits per heavy atom. The molecule has 0 aliphatic carbocycles. The van der Waals surface area contributed by atoms with Crippen molar-refractivity contribution in [2.24, 2.45) is 0 Å². The summed E-state index contributed by atoms with van der Waals surface area (Å²) in [6, 6.07) is 19.3. The number of ether oxygens (including phenoxy) is 1. The number of rotatable bonds is 9. The third kappa shape index (κ3) is 6.59. The fraction of sp³-hybridized carbons (Fsp3) is 0.310. The number of hydrogen-bond donors (Lipinski definition) is 2. The fourth-order valence-corrected chi connectivity index (χ4v) is 5.58. The van der Waals surface area contributed by atoms with Gasteiger partial charge in [0.25, 0.3) is 11.8 Å². The molecule has 1 fully saturated rings. The first-order chi connectivity index (χ1) is 18.1. The molecule has 1 aliphatic heterocycles. The van der Waals surface area contributed by atoms with Crippen molar-refractivity contribution in [3.05, 3.63) is 94.5 Å². The summed E-state index contributed by atoms with van der Waals surface area (Å²) in [5.74, 6) is -0.648. The number of hydrogen-bond acceptors (Lipinski definition) is 5. The number of anilines is 2. The standard InChI is InChI=1S/C29H33N3O5S/c1-20-8-6-9-21(2)27(20)32(38(3,35)36)19-22-13-15-23(16-14-22)28(33)31-26-12-5-4-11-25(26)29(34)30-18-24-10-7-17-37-24/h4-6,8-9,11-16,24H,7,10,17-19H2,1-3H3,(H,30,34)(H,31,33)/t24-/m0/s1. The zero-order valence-electron chi connectivity index (χ0n) is 21.9. The number of carbonyl (C=O) groups excluding carboxylic acids is 2. The molecule has 2 N–H and O–H groups in total. The number of nitrogens with zero attached hydrogens (tertiary/aromatic N) is 1. The molecule has 0 aromatic heterocycles. The van der Waals surface area contributed by atoms with Gasteiger partial charge in [-0.15, -0.1) is 0 Å². The number of aryl methyl sites for hydroxylation is 2. The Morgan fingerprint density at radius 2 is 1.63 bits per heavy atom. The van der Waals surface area contributed by atoms with Gasteiger partial charge in [-0.25, -0.2) is 8.42 Å². The normalized spacial score (nSPS) is 15.2. The van der Waals surface area contributed by atoms with Gasteiger partial charge in [0.2, 0.25) is 10.0 Å². The van der Waals surface area contributed by atoms with Gasteiger partial charge in [0.1, 0.15) is 0 Å². The number of carbonyl (C=O) groups is 2. The van der Waals surface area contributed by atoms with Gasteiger partial charge in [0, 0.05) is 18.7 Å². The number of amides is 2. The molecular formula is C29H33N3O5S. The van der Waals surface area contributed by atoms with Crippen LogP contribution in [0.1, 0.15) is 50.2 Å². The average Bonchev–Trinajstić information content (AvgIpc) is 3.40. The van der Waals surface area contributed by atoms with Crippen molar-refractivity contribution in [2.45, 2.75) is 39.3 Å². The molecule has 0 saturated carbocycles. The number of nitrogens with one attached hydrogen (secondary N) is 2. The topological polar surface area (TPSA) is 105 Å². The third-order valence-corrected chi connectivity index (χ3v) is 7.68. The minimum Gasteiger partial charge on any atom is -0.376 e. The van der Waals surface area contributed by atoms with Gasteiger partial charge in [-0.1, -0.05) is 42.5 Å². The molecular weight excluding hydrogens is 502 g/mol. The van der Waals surface area contributed by atoms with Crippen LogP contribution in [0.25, 0.3) is 0 Å². The van der Waals surface area contributed by atoms with Crippen LogP contribution in [0, 0.1) is 13.8 Å². The molecule has 0 radical (unpaired) electrons. The molecule has 0 bridgehead atoms. The SMILES string of the molecule is Cc1cccc(C)c1N(Cc1ccc(C(=O)Nc2ccccc2C(=O)NC[C@@H]2CCCO2)cc1)S(C)(=O)=O. The van der Waals surface area contributed by atoms with Crippen molar-refractivity contribution in [1.29, 1.82) is 0 Å². The second-order valence-electron chi connectivity index (χ2n) is 9.55. The second kappa shape index (κ2) is 11.8. The Kier molecular flexibility index (Phi) is 8.48. The zero-order chi connectivity index (χ0) is 27.3. The lowest BCUT2D eigenvalue weighted by Gasteiger charge is -2.26. The van der Waals surface area contributed by atoms with Gasteiger partial charge in [-0.3, -0.25) is 13.9 Å². The molecule has 0 spiro atoms. The van der Waals surface area contributed by atoms with Crippen LogP contribution in [0.3, 0.4) is 0 Å². The van der Waals surface area contributed by atoms with E-state index in [1.54, 1.807) is 48.5 Å². The molecule has 38 heavy (non-hydrogen) atoms. The maximum atomic E-state index is 13.0. The van der Waals surface area contributed by atoms with Gasteiger partial charge in [-0.05, 0) is 67.6 Å². The van der Waals surface area contributed by atoms with Crippen molar-refractivity contribution in [3.8, 4) is 0 Å². The van der Waals surface area contributed by atoms with E-state index >= 15 is 0 Å². The largest absolute Gasteiger partial charge is 0.376 e. The van der Waals surface area contributed by atoms with Crippen molar-refractivity contribution in [2.75, 3.05) is 29.0 Å². The Morgan fingerprint density at radius 3 is 2.26 bits per heavy atom. The van der Waals surface area contributed by atoms with E-state index in [1.807, 2.05) is 32.0 Å². The lowest BCUT2D eigenvalue weighted by molar-refractivity contribution is 0.0858. The van der Waals surface area contributed by atoms with Crippen LogP contribution in [0.4, 0.5) is 11.4 Å². The number of sulfonamides is 1. The van der Waals surface area contributed by atoms with Gasteiger partial charge in [-0.2, -0.15) is 0 Å². The summed E-state index contributed by atoms with van der Waals surface area (Å²) in [4.78, 5) is 25.8. The Bertz CT molecular complexity index is 1390. The lowest BCUT2D eigenvalue weighted by atomic mass is 10.1. The number of benzene rings is 3. The first-order valence-electron chi connectivity index (χ1n) is 12.6. The van der Waals surface area contributed by atoms with E-state index in [4.69, 9.17) is 4.74 Å². The highest BCUT2D eigenvalue weighted by molar-refractivity contribution is 7.92. The average molecular weight is 536 g/mol. The highest BCUT2D eigenvalue weighted by Crippen LogP contribution is 2.28. The van der Waals surface area contributed by atoms with Crippen LogP contribution in [0.5, 0.6) is 0 Å². The van der Waals surface area contributed by atoms with Gasteiger partial charge >= 0.3 is 0 Å². The van der Waals surface area contributed by atoms with E-state index in [0.29, 0.717) is 35.7 Å². The van der Waals surface area contributed by atoms with E-state index in [9.17, 15) is 18.0 Å². The molecule has 1 heterocycles. The third-order valence-electron chi connectivity index (χ3n) is 6.57. The van der Waals surface area contributed by atoms with Crippen LogP contribution < -0.4 is 14.9 Å². The molecule has 8 nitrogen and oxygen atoms in total. The van der Waals surface area contributed by atoms with E-state index in [1.165, 1.54) is 10.6 Å². The van der Waals surface area contributed by atoms with Crippen molar-refractivity contribution < 1.29 is 22.7 Å². The minimum absolute atomic E-state index is 0.0209. The molecule has 200 valence electrons. The minimum atomic E-state index is -3.54. The summed E-state index contributed by atoms with van der Waals surface area (Å²) >= 11 is 0. The van der Waals surface area contributed by atoms with Crippen molar-refractivity contribution in [1.82, 2.24) is 5.32 Å². The smallest absolute Gasteiger partial charge is 0.255 e. The molecule has 3 aromatic carbocycles. The summed E-state index contributed by atoms with van der Waals surface area (Å²) in [6.07, 6.45) is 3.12. The quantitative estimate of drug-likeness (QED) is 0.422. The molecule has 4 rings (SSSR count). The summed E-state index contributed by atoms with van der Waals surface area (Å²) in [7, 11) is -3.54. The molecule has 3 aromatic rings. The summed E-state index contributed by atoms with van der Waals surface area (Å²) in [5.41, 5.74) is 4.29. The highest BCUT2D eigenvalue weighted by atomic mass is 32.2. The molecule has 1 saturated heterocycles. The molecule has 2 amide bonds. The highest BCUT2D eigenvalue weighted by Gasteiger charge is 2.22. The van der Waals surface area contributed by atoms with Crippen LogP contribution in [-0.2, 0) is 21.3 Å². The Hall–Kier alpha value is -3.69. The molecule has 1 atom stereocenters. The number of para-hydroxylation sites is 2. The molecule has 1 aliphatic rings. The van der Waals surface area contributed by atoms with Gasteiger partial charge in [0.05, 0.1) is 35.8 Å². The maximum Gasteiger partial charge on any atom is 0.255 e. The van der Waals surface area contributed by atoms with E-state index in [-0.39, 0.29) is 24.5 Å². The van der Waals surface area contributed by atoms with Crippen molar-refractivity contribution in [3.63, 3.8) is 0 Å². The van der Waals surface area contributed by atoms with Crippen LogP contribution in [-0.4, -0.2) is 45.7 Å². The lowest BCUT2D eigenvalue weighted by Crippen LogP contribution is -2.32. The first-order valence-corrected chi connectivity index (χ1v) is 14.4. The summed E-state index contributed by atoms with van der Waals surface area (Å²) in [5, 5.41) is 5.71. The van der Waals surface area contributed by atoms with Crippen molar-refractivity contribution >= 4 is 33.2 Å². The fourth-order valence-electron chi connectivity index (χ4n) is 4.58. The Labute approximate surface area is 224 Å². The first kappa shape index (κ1) is 27.3. The van der Waals surface area contributed by atoms with E-state index in [0.717, 1.165) is 29.5 Å². The molecule has 0 unspecified atom stereocenters. The predicted octanol–water partition coefficient (Wildman–Crippen LogP) is 4.43. The maximum absolute atomic E-state index is 13.0. The van der Waals surface area contributed by atoms with E-state index < -0.39 is 10.0 Å². The zero-order valence-corrected chi connectivity index (χ0v) is 22.7. The van der Waals surface area contributed by atoms with Crippen LogP contribution in [0.15, 0.2) is 66.7 Å². The second-order valence-corrected chi connectivity index (χ2v) is 11.5. The Balaban J connectivity index is 1.46. The van der Waals surface area contributed by atoms with Crippen LogP contribution >= 0.6 is 0 Å².